The van der Waals surface area contributed by atoms with Crippen LogP contribution in [-0.4, -0.2) is 17.4 Å². The molecular formula is C17H21N3O. The maximum Gasteiger partial charge on any atom is 0.257 e. The van der Waals surface area contributed by atoms with Crippen molar-refractivity contribution < 1.29 is 4.79 Å². The second-order valence-corrected chi connectivity index (χ2v) is 5.08. The van der Waals surface area contributed by atoms with E-state index in [2.05, 4.69) is 22.5 Å². The molecule has 0 fully saturated rings. The molecule has 0 bridgehead atoms. The highest BCUT2D eigenvalue weighted by Gasteiger charge is 2.11. The molecule has 0 radical (unpaired) electrons. The van der Waals surface area contributed by atoms with Crippen molar-refractivity contribution in [2.75, 3.05) is 17.2 Å². The van der Waals surface area contributed by atoms with Gasteiger partial charge in [-0.15, -0.1) is 0 Å². The fourth-order valence-corrected chi connectivity index (χ4v) is 2.09. The van der Waals surface area contributed by atoms with Gasteiger partial charge in [0.2, 0.25) is 0 Å². The van der Waals surface area contributed by atoms with E-state index in [4.69, 9.17) is 0 Å². The quantitative estimate of drug-likeness (QED) is 0.878. The largest absolute Gasteiger partial charge is 0.385 e. The Morgan fingerprint density at radius 2 is 2.00 bits per heavy atom. The van der Waals surface area contributed by atoms with Gasteiger partial charge in [0.1, 0.15) is 5.82 Å². The third kappa shape index (κ3) is 3.81. The van der Waals surface area contributed by atoms with Crippen LogP contribution in [-0.2, 0) is 0 Å². The number of rotatable bonds is 5. The van der Waals surface area contributed by atoms with Gasteiger partial charge in [-0.1, -0.05) is 13.0 Å². The molecular weight excluding hydrogens is 262 g/mol. The Balaban J connectivity index is 2.14. The summed E-state index contributed by atoms with van der Waals surface area (Å²) < 4.78 is 0. The standard InChI is InChI=1S/C17H21N3O/c1-4-9-18-14-7-8-15(13(3)11-14)17(21)20-16-12(2)6-5-10-19-16/h5-8,10-11,18H,4,9H2,1-3H3,(H,19,20,21). The first-order valence-electron chi connectivity index (χ1n) is 7.19. The number of nitrogens with one attached hydrogen (secondary N) is 2. The molecule has 2 aromatic rings. The van der Waals surface area contributed by atoms with Crippen LogP contribution in [0.1, 0.15) is 34.8 Å². The molecule has 0 saturated heterocycles. The van der Waals surface area contributed by atoms with Crippen LogP contribution in [0.4, 0.5) is 11.5 Å². The van der Waals surface area contributed by atoms with Crippen molar-refractivity contribution in [3.8, 4) is 0 Å². The number of hydrogen-bond donors (Lipinski definition) is 2. The molecule has 0 atom stereocenters. The minimum absolute atomic E-state index is 0.128. The van der Waals surface area contributed by atoms with Crippen LogP contribution >= 0.6 is 0 Å². The monoisotopic (exact) mass is 283 g/mol. The van der Waals surface area contributed by atoms with E-state index >= 15 is 0 Å². The fraction of sp³-hybridized carbons (Fsp3) is 0.294. The van der Waals surface area contributed by atoms with E-state index in [-0.39, 0.29) is 5.91 Å². The molecule has 4 heteroatoms. The summed E-state index contributed by atoms with van der Waals surface area (Å²) in [7, 11) is 0. The lowest BCUT2D eigenvalue weighted by Crippen LogP contribution is -2.15. The SMILES string of the molecule is CCCNc1ccc(C(=O)Nc2ncccc2C)c(C)c1. The zero-order valence-corrected chi connectivity index (χ0v) is 12.7. The van der Waals surface area contributed by atoms with Gasteiger partial charge in [0.05, 0.1) is 0 Å². The summed E-state index contributed by atoms with van der Waals surface area (Å²) in [4.78, 5) is 16.5. The van der Waals surface area contributed by atoms with Crippen LogP contribution in [0.2, 0.25) is 0 Å². The third-order valence-electron chi connectivity index (χ3n) is 3.29. The number of amides is 1. The summed E-state index contributed by atoms with van der Waals surface area (Å²) in [6, 6.07) is 9.55. The van der Waals surface area contributed by atoms with Crippen molar-refractivity contribution in [3.63, 3.8) is 0 Å². The molecule has 2 rings (SSSR count). The highest BCUT2D eigenvalue weighted by atomic mass is 16.1. The predicted octanol–water partition coefficient (Wildman–Crippen LogP) is 3.77. The Bertz CT molecular complexity index is 638. The average molecular weight is 283 g/mol. The fourth-order valence-electron chi connectivity index (χ4n) is 2.09. The Kier molecular flexibility index (Phi) is 4.93. The van der Waals surface area contributed by atoms with Crippen molar-refractivity contribution in [3.05, 3.63) is 53.2 Å². The van der Waals surface area contributed by atoms with E-state index in [0.29, 0.717) is 11.4 Å². The smallest absolute Gasteiger partial charge is 0.257 e. The molecule has 0 unspecified atom stereocenters. The first kappa shape index (κ1) is 15.0. The maximum absolute atomic E-state index is 12.3. The first-order valence-corrected chi connectivity index (χ1v) is 7.19. The molecule has 0 saturated carbocycles. The van der Waals surface area contributed by atoms with E-state index < -0.39 is 0 Å². The normalized spacial score (nSPS) is 10.2. The Morgan fingerprint density at radius 3 is 2.67 bits per heavy atom. The lowest BCUT2D eigenvalue weighted by atomic mass is 10.1. The maximum atomic E-state index is 12.3. The number of aryl methyl sites for hydroxylation is 2. The number of pyridine rings is 1. The van der Waals surface area contributed by atoms with Crippen LogP contribution < -0.4 is 10.6 Å². The second-order valence-electron chi connectivity index (χ2n) is 5.08. The molecule has 1 aromatic carbocycles. The Hall–Kier alpha value is -2.36. The van der Waals surface area contributed by atoms with Crippen LogP contribution in [0, 0.1) is 13.8 Å². The van der Waals surface area contributed by atoms with Crippen molar-refractivity contribution in [1.82, 2.24) is 4.98 Å². The van der Waals surface area contributed by atoms with E-state index in [1.54, 1.807) is 6.20 Å². The zero-order chi connectivity index (χ0) is 15.2. The summed E-state index contributed by atoms with van der Waals surface area (Å²) in [5.41, 5.74) is 3.61. The number of aromatic nitrogens is 1. The van der Waals surface area contributed by atoms with E-state index in [1.807, 2.05) is 44.2 Å². The molecule has 0 aliphatic carbocycles. The molecule has 1 heterocycles. The summed E-state index contributed by atoms with van der Waals surface area (Å²) in [5, 5.41) is 6.18. The first-order chi connectivity index (χ1) is 10.1. The molecule has 2 N–H and O–H groups in total. The number of carbonyl (C=O) groups is 1. The molecule has 1 aromatic heterocycles. The van der Waals surface area contributed by atoms with Gasteiger partial charge < -0.3 is 10.6 Å². The van der Waals surface area contributed by atoms with Crippen LogP contribution in [0.3, 0.4) is 0 Å². The van der Waals surface area contributed by atoms with Gasteiger partial charge in [-0.25, -0.2) is 4.98 Å². The molecule has 21 heavy (non-hydrogen) atoms. The molecule has 0 spiro atoms. The van der Waals surface area contributed by atoms with Crippen LogP contribution in [0.5, 0.6) is 0 Å². The lowest BCUT2D eigenvalue weighted by Gasteiger charge is -2.11. The van der Waals surface area contributed by atoms with E-state index in [1.165, 1.54) is 0 Å². The number of hydrogen-bond acceptors (Lipinski definition) is 3. The van der Waals surface area contributed by atoms with Crippen molar-refractivity contribution >= 4 is 17.4 Å². The third-order valence-corrected chi connectivity index (χ3v) is 3.29. The Morgan fingerprint density at radius 1 is 1.19 bits per heavy atom. The lowest BCUT2D eigenvalue weighted by molar-refractivity contribution is 0.102. The van der Waals surface area contributed by atoms with Gasteiger partial charge in [0, 0.05) is 24.0 Å². The van der Waals surface area contributed by atoms with Gasteiger partial charge in [0.25, 0.3) is 5.91 Å². The van der Waals surface area contributed by atoms with Crippen LogP contribution in [0.15, 0.2) is 36.5 Å². The molecule has 110 valence electrons. The molecule has 0 aliphatic rings. The second kappa shape index (κ2) is 6.88. The minimum Gasteiger partial charge on any atom is -0.385 e. The summed E-state index contributed by atoms with van der Waals surface area (Å²) in [6.07, 6.45) is 2.74. The van der Waals surface area contributed by atoms with Gasteiger partial charge in [-0.2, -0.15) is 0 Å². The number of anilines is 2. The zero-order valence-electron chi connectivity index (χ0n) is 12.7. The van der Waals surface area contributed by atoms with Crippen molar-refractivity contribution in [2.24, 2.45) is 0 Å². The predicted molar refractivity (Wildman–Crippen MR) is 86.9 cm³/mol. The van der Waals surface area contributed by atoms with Crippen molar-refractivity contribution in [1.29, 1.82) is 0 Å². The molecule has 1 amide bonds. The number of benzene rings is 1. The van der Waals surface area contributed by atoms with Crippen LogP contribution in [0.25, 0.3) is 0 Å². The van der Waals surface area contributed by atoms with Gasteiger partial charge in [-0.05, 0) is 55.7 Å². The summed E-state index contributed by atoms with van der Waals surface area (Å²) >= 11 is 0. The summed E-state index contributed by atoms with van der Waals surface area (Å²) in [6.45, 7) is 6.92. The Labute approximate surface area is 125 Å². The molecule has 0 aliphatic heterocycles. The number of carbonyl (C=O) groups excluding carboxylic acids is 1. The highest BCUT2D eigenvalue weighted by Crippen LogP contribution is 2.17. The average Bonchev–Trinajstić information content (AvgIpc) is 2.47. The minimum atomic E-state index is -0.128. The van der Waals surface area contributed by atoms with Gasteiger partial charge in [-0.3, -0.25) is 4.79 Å². The van der Waals surface area contributed by atoms with Gasteiger partial charge >= 0.3 is 0 Å². The number of nitrogens with zero attached hydrogens (tertiary/aromatic N) is 1. The topological polar surface area (TPSA) is 54.0 Å². The van der Waals surface area contributed by atoms with Gasteiger partial charge in [0.15, 0.2) is 0 Å². The highest BCUT2D eigenvalue weighted by molar-refractivity contribution is 6.05. The van der Waals surface area contributed by atoms with E-state index in [0.717, 1.165) is 29.8 Å². The van der Waals surface area contributed by atoms with E-state index in [9.17, 15) is 4.79 Å². The van der Waals surface area contributed by atoms with Crippen molar-refractivity contribution in [2.45, 2.75) is 27.2 Å². The molecule has 4 nitrogen and oxygen atoms in total. The summed E-state index contributed by atoms with van der Waals surface area (Å²) in [5.74, 6) is 0.478.